The molecule has 1 aliphatic rings. The first-order chi connectivity index (χ1) is 9.11. The Morgan fingerprint density at radius 2 is 2.05 bits per heavy atom. The second-order valence-electron chi connectivity index (χ2n) is 5.33. The molecule has 2 atom stereocenters. The van der Waals surface area contributed by atoms with Gasteiger partial charge < -0.3 is 10.5 Å². The maximum absolute atomic E-state index is 13.4. The van der Waals surface area contributed by atoms with Crippen LogP contribution < -0.4 is 5.73 Å². The summed E-state index contributed by atoms with van der Waals surface area (Å²) >= 11 is 0. The van der Waals surface area contributed by atoms with Crippen molar-refractivity contribution in [3.63, 3.8) is 0 Å². The Bertz CT molecular complexity index is 403. The van der Waals surface area contributed by atoms with Gasteiger partial charge in [-0.2, -0.15) is 0 Å². The number of halogens is 1. The van der Waals surface area contributed by atoms with E-state index in [-0.39, 0.29) is 17.9 Å². The van der Waals surface area contributed by atoms with Crippen LogP contribution in [0.25, 0.3) is 0 Å². The molecule has 0 saturated carbocycles. The minimum Gasteiger partial charge on any atom is -0.381 e. The largest absolute Gasteiger partial charge is 0.381 e. The zero-order valence-electron chi connectivity index (χ0n) is 11.7. The number of rotatable bonds is 4. The van der Waals surface area contributed by atoms with Gasteiger partial charge in [-0.3, -0.25) is 4.90 Å². The van der Waals surface area contributed by atoms with Gasteiger partial charge in [0.15, 0.2) is 0 Å². The predicted octanol–water partition coefficient (Wildman–Crippen LogP) is 2.32. The Morgan fingerprint density at radius 1 is 1.37 bits per heavy atom. The number of benzene rings is 1. The van der Waals surface area contributed by atoms with Crippen molar-refractivity contribution >= 4 is 0 Å². The molecule has 1 aliphatic heterocycles. The molecule has 1 fully saturated rings. The van der Waals surface area contributed by atoms with Gasteiger partial charge in [-0.25, -0.2) is 4.39 Å². The standard InChI is InChI=1S/C15H23FN2O/c1-11(17)15(12-4-3-5-13(16)10-12)18-8-6-14(19-2)7-9-18/h3-5,10-11,14-15H,6-9,17H2,1-2H3. The van der Waals surface area contributed by atoms with Gasteiger partial charge in [-0.05, 0) is 37.5 Å². The summed E-state index contributed by atoms with van der Waals surface area (Å²) in [5.74, 6) is -0.199. The number of ether oxygens (including phenoxy) is 1. The minimum atomic E-state index is -0.199. The van der Waals surface area contributed by atoms with Crippen LogP contribution in [-0.4, -0.2) is 37.2 Å². The molecule has 1 heterocycles. The molecule has 1 saturated heterocycles. The lowest BCUT2D eigenvalue weighted by Gasteiger charge is -2.39. The molecule has 2 N–H and O–H groups in total. The Kier molecular flexibility index (Phi) is 4.91. The van der Waals surface area contributed by atoms with Crippen molar-refractivity contribution in [2.24, 2.45) is 5.73 Å². The SMILES string of the molecule is COC1CCN(C(c2cccc(F)c2)C(C)N)CC1. The van der Waals surface area contributed by atoms with Crippen LogP contribution in [0.2, 0.25) is 0 Å². The summed E-state index contributed by atoms with van der Waals surface area (Å²) in [5, 5.41) is 0. The van der Waals surface area contributed by atoms with Crippen LogP contribution >= 0.6 is 0 Å². The molecule has 2 rings (SSSR count). The molecule has 19 heavy (non-hydrogen) atoms. The van der Waals surface area contributed by atoms with E-state index in [0.29, 0.717) is 6.10 Å². The van der Waals surface area contributed by atoms with Gasteiger partial charge in [0.1, 0.15) is 5.82 Å². The van der Waals surface area contributed by atoms with Crippen LogP contribution in [-0.2, 0) is 4.74 Å². The summed E-state index contributed by atoms with van der Waals surface area (Å²) < 4.78 is 18.8. The first-order valence-corrected chi connectivity index (χ1v) is 6.89. The molecule has 2 unspecified atom stereocenters. The predicted molar refractivity (Wildman–Crippen MR) is 74.4 cm³/mol. The maximum atomic E-state index is 13.4. The molecule has 0 bridgehead atoms. The van der Waals surface area contributed by atoms with Gasteiger partial charge in [0.05, 0.1) is 6.10 Å². The van der Waals surface area contributed by atoms with Crippen molar-refractivity contribution in [3.05, 3.63) is 35.6 Å². The number of nitrogens with zero attached hydrogens (tertiary/aromatic N) is 1. The highest BCUT2D eigenvalue weighted by Gasteiger charge is 2.28. The van der Waals surface area contributed by atoms with Crippen LogP contribution in [0.4, 0.5) is 4.39 Å². The second kappa shape index (κ2) is 6.46. The van der Waals surface area contributed by atoms with E-state index in [4.69, 9.17) is 10.5 Å². The Hall–Kier alpha value is -0.970. The van der Waals surface area contributed by atoms with E-state index >= 15 is 0 Å². The highest BCUT2D eigenvalue weighted by Crippen LogP contribution is 2.27. The average Bonchev–Trinajstić information content (AvgIpc) is 2.39. The van der Waals surface area contributed by atoms with E-state index in [0.717, 1.165) is 31.5 Å². The van der Waals surface area contributed by atoms with Crippen molar-refractivity contribution in [2.75, 3.05) is 20.2 Å². The van der Waals surface area contributed by atoms with E-state index < -0.39 is 0 Å². The highest BCUT2D eigenvalue weighted by molar-refractivity contribution is 5.22. The van der Waals surface area contributed by atoms with Gasteiger partial charge >= 0.3 is 0 Å². The number of hydrogen-bond donors (Lipinski definition) is 1. The van der Waals surface area contributed by atoms with Crippen molar-refractivity contribution in [1.82, 2.24) is 4.90 Å². The molecule has 0 aliphatic carbocycles. The average molecular weight is 266 g/mol. The third-order valence-electron chi connectivity index (χ3n) is 3.89. The zero-order valence-corrected chi connectivity index (χ0v) is 11.7. The Labute approximate surface area is 114 Å². The summed E-state index contributed by atoms with van der Waals surface area (Å²) in [6.45, 7) is 3.88. The molecular formula is C15H23FN2O. The smallest absolute Gasteiger partial charge is 0.123 e. The van der Waals surface area contributed by atoms with Crippen molar-refractivity contribution in [1.29, 1.82) is 0 Å². The molecule has 106 valence electrons. The fraction of sp³-hybridized carbons (Fsp3) is 0.600. The van der Waals surface area contributed by atoms with Gasteiger partial charge in [-0.1, -0.05) is 12.1 Å². The third kappa shape index (κ3) is 3.53. The van der Waals surface area contributed by atoms with Crippen LogP contribution in [0.1, 0.15) is 31.4 Å². The third-order valence-corrected chi connectivity index (χ3v) is 3.89. The van der Waals surface area contributed by atoms with Gasteiger partial charge in [-0.15, -0.1) is 0 Å². The summed E-state index contributed by atoms with van der Waals surface area (Å²) in [7, 11) is 1.76. The monoisotopic (exact) mass is 266 g/mol. The van der Waals surface area contributed by atoms with E-state index in [1.807, 2.05) is 13.0 Å². The Balaban J connectivity index is 2.13. The van der Waals surface area contributed by atoms with Crippen molar-refractivity contribution in [3.8, 4) is 0 Å². The summed E-state index contributed by atoms with van der Waals surface area (Å²) in [6.07, 6.45) is 2.36. The fourth-order valence-electron chi connectivity index (χ4n) is 2.93. The molecule has 0 spiro atoms. The molecule has 1 aromatic carbocycles. The van der Waals surface area contributed by atoms with E-state index in [1.165, 1.54) is 6.07 Å². The quantitative estimate of drug-likeness (QED) is 0.909. The number of nitrogens with two attached hydrogens (primary N) is 1. The van der Waals surface area contributed by atoms with Crippen LogP contribution in [0, 0.1) is 5.82 Å². The summed E-state index contributed by atoms with van der Waals surface area (Å²) in [4.78, 5) is 2.34. The van der Waals surface area contributed by atoms with Crippen LogP contribution in [0.15, 0.2) is 24.3 Å². The fourth-order valence-corrected chi connectivity index (χ4v) is 2.93. The number of likely N-dealkylation sites (tertiary alicyclic amines) is 1. The molecule has 4 heteroatoms. The van der Waals surface area contributed by atoms with Gasteiger partial charge in [0.2, 0.25) is 0 Å². The zero-order chi connectivity index (χ0) is 13.8. The Morgan fingerprint density at radius 3 is 2.58 bits per heavy atom. The molecule has 0 amide bonds. The molecular weight excluding hydrogens is 243 g/mol. The van der Waals surface area contributed by atoms with Crippen molar-refractivity contribution in [2.45, 2.75) is 38.0 Å². The van der Waals surface area contributed by atoms with Crippen LogP contribution in [0.5, 0.6) is 0 Å². The molecule has 3 nitrogen and oxygen atoms in total. The van der Waals surface area contributed by atoms with E-state index in [1.54, 1.807) is 19.2 Å². The summed E-state index contributed by atoms with van der Waals surface area (Å²) in [6, 6.07) is 6.82. The first kappa shape index (κ1) is 14.4. The van der Waals surface area contributed by atoms with Crippen LogP contribution in [0.3, 0.4) is 0 Å². The lowest BCUT2D eigenvalue weighted by molar-refractivity contribution is 0.0234. The van der Waals surface area contributed by atoms with Gasteiger partial charge in [0, 0.05) is 32.3 Å². The molecule has 1 aromatic rings. The normalized spacial score (nSPS) is 21.3. The number of piperidine rings is 1. The van der Waals surface area contributed by atoms with Crippen molar-refractivity contribution < 1.29 is 9.13 Å². The highest BCUT2D eigenvalue weighted by atomic mass is 19.1. The van der Waals surface area contributed by atoms with Gasteiger partial charge in [0.25, 0.3) is 0 Å². The number of methoxy groups -OCH3 is 1. The lowest BCUT2D eigenvalue weighted by atomic mass is 9.96. The minimum absolute atomic E-state index is 0.0269. The van der Waals surface area contributed by atoms with E-state index in [2.05, 4.69) is 4.90 Å². The number of hydrogen-bond acceptors (Lipinski definition) is 3. The molecule has 0 radical (unpaired) electrons. The second-order valence-corrected chi connectivity index (χ2v) is 5.33. The summed E-state index contributed by atoms with van der Waals surface area (Å²) in [5.41, 5.74) is 7.09. The first-order valence-electron chi connectivity index (χ1n) is 6.89. The topological polar surface area (TPSA) is 38.5 Å². The lowest BCUT2D eigenvalue weighted by Crippen LogP contribution is -2.45. The molecule has 0 aromatic heterocycles. The maximum Gasteiger partial charge on any atom is 0.123 e. The van der Waals surface area contributed by atoms with E-state index in [9.17, 15) is 4.39 Å².